The lowest BCUT2D eigenvalue weighted by molar-refractivity contribution is 0.475. The highest BCUT2D eigenvalue weighted by Crippen LogP contribution is 2.23. The van der Waals surface area contributed by atoms with E-state index in [2.05, 4.69) is 0 Å². The number of phenols is 1. The largest absolute Gasteiger partial charge is 0.508 e. The van der Waals surface area contributed by atoms with Gasteiger partial charge in [-0.25, -0.2) is 8.42 Å². The molecule has 0 saturated heterocycles. The zero-order chi connectivity index (χ0) is 13.1. The molecule has 0 saturated carbocycles. The smallest absolute Gasteiger partial charge is 0.251 e. The summed E-state index contributed by atoms with van der Waals surface area (Å²) in [5.74, 6) is -0.0189. The normalized spacial score (nSPS) is 12.8. The molecule has 1 aromatic carbocycles. The molecule has 0 bridgehead atoms. The Morgan fingerprint density at radius 3 is 2.65 bits per heavy atom. The Balaban J connectivity index is 3.14. The van der Waals surface area contributed by atoms with E-state index >= 15 is 0 Å². The fraction of sp³-hybridized carbons (Fsp3) is 0.364. The summed E-state index contributed by atoms with van der Waals surface area (Å²) in [6, 6.07) is 7.65. The molecule has 0 fully saturated rings. The minimum absolute atomic E-state index is 0.0189. The zero-order valence-corrected chi connectivity index (χ0v) is 10.5. The molecular formula is C11H14N2O3S. The number of sulfonamides is 1. The van der Waals surface area contributed by atoms with Crippen LogP contribution >= 0.6 is 0 Å². The number of nitrogens with zero attached hydrogens (tertiary/aromatic N) is 2. The summed E-state index contributed by atoms with van der Waals surface area (Å²) in [4.78, 5) is 0. The number of hydrogen-bond acceptors (Lipinski definition) is 4. The topological polar surface area (TPSA) is 81.4 Å². The Kier molecular flexibility index (Phi) is 3.97. The van der Waals surface area contributed by atoms with Crippen molar-refractivity contribution >= 4 is 15.7 Å². The first-order valence-electron chi connectivity index (χ1n) is 5.10. The van der Waals surface area contributed by atoms with Crippen LogP contribution in [0.25, 0.3) is 0 Å². The number of aromatic hydroxyl groups is 1. The van der Waals surface area contributed by atoms with Gasteiger partial charge in [0.05, 0.1) is 11.8 Å². The van der Waals surface area contributed by atoms with E-state index in [1.807, 2.05) is 0 Å². The molecule has 1 atom stereocenters. The lowest BCUT2D eigenvalue weighted by Gasteiger charge is -2.21. The number of benzene rings is 1. The van der Waals surface area contributed by atoms with Crippen molar-refractivity contribution in [3.05, 3.63) is 24.3 Å². The molecule has 0 aliphatic carbocycles. The van der Waals surface area contributed by atoms with Gasteiger partial charge in [-0.3, -0.25) is 4.31 Å². The van der Waals surface area contributed by atoms with Crippen LogP contribution in [0.1, 0.15) is 13.3 Å². The van der Waals surface area contributed by atoms with Crippen LogP contribution in [0.4, 0.5) is 5.69 Å². The molecule has 1 N–H and O–H groups in total. The van der Waals surface area contributed by atoms with Gasteiger partial charge in [0, 0.05) is 13.1 Å². The van der Waals surface area contributed by atoms with Gasteiger partial charge in [0.15, 0.2) is 5.25 Å². The molecule has 0 radical (unpaired) electrons. The van der Waals surface area contributed by atoms with Gasteiger partial charge >= 0.3 is 0 Å². The summed E-state index contributed by atoms with van der Waals surface area (Å²) in [5.41, 5.74) is 0.332. The first-order chi connectivity index (χ1) is 7.93. The van der Waals surface area contributed by atoms with Gasteiger partial charge in [-0.15, -0.1) is 0 Å². The van der Waals surface area contributed by atoms with Gasteiger partial charge in [-0.2, -0.15) is 5.26 Å². The summed E-state index contributed by atoms with van der Waals surface area (Å²) >= 11 is 0. The first kappa shape index (κ1) is 13.3. The van der Waals surface area contributed by atoms with Crippen molar-refractivity contribution in [3.8, 4) is 11.8 Å². The van der Waals surface area contributed by atoms with Gasteiger partial charge in [0.2, 0.25) is 0 Å². The molecule has 1 unspecified atom stereocenters. The monoisotopic (exact) mass is 254 g/mol. The van der Waals surface area contributed by atoms with E-state index in [-0.39, 0.29) is 12.2 Å². The fourth-order valence-corrected chi connectivity index (χ4v) is 2.74. The van der Waals surface area contributed by atoms with E-state index < -0.39 is 15.3 Å². The number of hydrogen-bond donors (Lipinski definition) is 1. The molecule has 0 aliphatic heterocycles. The Labute approximate surface area is 101 Å². The van der Waals surface area contributed by atoms with Crippen LogP contribution in [0.15, 0.2) is 24.3 Å². The van der Waals surface area contributed by atoms with Crippen molar-refractivity contribution < 1.29 is 13.5 Å². The highest BCUT2D eigenvalue weighted by molar-refractivity contribution is 7.93. The molecule has 5 nitrogen and oxygen atoms in total. The average Bonchev–Trinajstić information content (AvgIpc) is 2.29. The molecule has 0 amide bonds. The molecular weight excluding hydrogens is 240 g/mol. The predicted molar refractivity (Wildman–Crippen MR) is 65.1 cm³/mol. The van der Waals surface area contributed by atoms with Crippen LogP contribution in [0.2, 0.25) is 0 Å². The van der Waals surface area contributed by atoms with Crippen molar-refractivity contribution in [2.45, 2.75) is 18.6 Å². The maximum absolute atomic E-state index is 12.0. The lowest BCUT2D eigenvalue weighted by Crippen LogP contribution is -2.35. The molecule has 92 valence electrons. The third kappa shape index (κ3) is 2.68. The lowest BCUT2D eigenvalue weighted by atomic mass is 10.3. The number of rotatable bonds is 4. The quantitative estimate of drug-likeness (QED) is 0.882. The Hall–Kier alpha value is -1.74. The van der Waals surface area contributed by atoms with Gasteiger partial charge < -0.3 is 5.11 Å². The van der Waals surface area contributed by atoms with Gasteiger partial charge in [-0.05, 0) is 18.6 Å². The highest BCUT2D eigenvalue weighted by atomic mass is 32.2. The number of nitriles is 1. The Morgan fingerprint density at radius 2 is 2.18 bits per heavy atom. The summed E-state index contributed by atoms with van der Waals surface area (Å²) in [5, 5.41) is 17.0. The summed E-state index contributed by atoms with van der Waals surface area (Å²) < 4.78 is 25.1. The molecule has 0 spiro atoms. The molecule has 6 heteroatoms. The molecule has 0 aliphatic rings. The Morgan fingerprint density at radius 1 is 1.53 bits per heavy atom. The van der Waals surface area contributed by atoms with E-state index in [0.29, 0.717) is 5.69 Å². The molecule has 1 rings (SSSR count). The maximum atomic E-state index is 12.0. The zero-order valence-electron chi connectivity index (χ0n) is 9.66. The van der Waals surface area contributed by atoms with Crippen LogP contribution < -0.4 is 4.31 Å². The highest BCUT2D eigenvalue weighted by Gasteiger charge is 2.28. The third-order valence-corrected chi connectivity index (χ3v) is 4.58. The third-order valence-electron chi connectivity index (χ3n) is 2.45. The van der Waals surface area contributed by atoms with Gasteiger partial charge in [0.25, 0.3) is 10.0 Å². The van der Waals surface area contributed by atoms with Gasteiger partial charge in [-0.1, -0.05) is 13.0 Å². The van der Waals surface area contributed by atoms with Crippen LogP contribution in [-0.4, -0.2) is 25.8 Å². The van der Waals surface area contributed by atoms with Crippen molar-refractivity contribution in [1.29, 1.82) is 5.26 Å². The maximum Gasteiger partial charge on any atom is 0.251 e. The second kappa shape index (κ2) is 5.06. The average molecular weight is 254 g/mol. The fourth-order valence-electron chi connectivity index (χ4n) is 1.40. The second-order valence-corrected chi connectivity index (χ2v) is 5.70. The molecule has 0 heterocycles. The first-order valence-corrected chi connectivity index (χ1v) is 6.60. The van der Waals surface area contributed by atoms with Gasteiger partial charge in [0.1, 0.15) is 5.75 Å². The minimum Gasteiger partial charge on any atom is -0.508 e. The van der Waals surface area contributed by atoms with Crippen LogP contribution in [0.5, 0.6) is 5.75 Å². The van der Waals surface area contributed by atoms with E-state index in [1.165, 1.54) is 19.2 Å². The minimum atomic E-state index is -3.71. The van der Waals surface area contributed by atoms with E-state index in [1.54, 1.807) is 25.1 Å². The van der Waals surface area contributed by atoms with Crippen molar-refractivity contribution in [1.82, 2.24) is 0 Å². The van der Waals surface area contributed by atoms with E-state index in [4.69, 9.17) is 5.26 Å². The summed E-state index contributed by atoms with van der Waals surface area (Å²) in [7, 11) is -2.34. The SMILES string of the molecule is CCC(C#N)S(=O)(=O)N(C)c1cccc(O)c1. The van der Waals surface area contributed by atoms with Crippen LogP contribution in [0, 0.1) is 11.3 Å². The van der Waals surface area contributed by atoms with Crippen LogP contribution in [-0.2, 0) is 10.0 Å². The van der Waals surface area contributed by atoms with Crippen LogP contribution in [0.3, 0.4) is 0 Å². The molecule has 17 heavy (non-hydrogen) atoms. The van der Waals surface area contributed by atoms with Crippen molar-refractivity contribution in [2.75, 3.05) is 11.4 Å². The van der Waals surface area contributed by atoms with E-state index in [0.717, 1.165) is 4.31 Å². The number of anilines is 1. The van der Waals surface area contributed by atoms with Crippen molar-refractivity contribution in [2.24, 2.45) is 0 Å². The Bertz CT molecular complexity index is 534. The standard InChI is InChI=1S/C11H14N2O3S/c1-3-11(8-12)17(15,16)13(2)9-5-4-6-10(14)7-9/h4-7,11,14H,3H2,1-2H3. The summed E-state index contributed by atoms with van der Waals surface area (Å²) in [6.45, 7) is 1.64. The molecule has 0 aromatic heterocycles. The van der Waals surface area contributed by atoms with E-state index in [9.17, 15) is 13.5 Å². The number of phenolic OH excluding ortho intramolecular Hbond substituents is 1. The molecule has 1 aromatic rings. The van der Waals surface area contributed by atoms with Crippen molar-refractivity contribution in [3.63, 3.8) is 0 Å². The summed E-state index contributed by atoms with van der Waals surface area (Å²) in [6.07, 6.45) is 0.224. The second-order valence-electron chi connectivity index (χ2n) is 3.56. The predicted octanol–water partition coefficient (Wildman–Crippen LogP) is 1.46.